The Balaban J connectivity index is 1.56. The maximum absolute atomic E-state index is 12.3. The van der Waals surface area contributed by atoms with Gasteiger partial charge in [-0.1, -0.05) is 6.92 Å². The van der Waals surface area contributed by atoms with Gasteiger partial charge in [-0.2, -0.15) is 0 Å². The predicted octanol–water partition coefficient (Wildman–Crippen LogP) is 0.585. The first kappa shape index (κ1) is 13.7. The van der Waals surface area contributed by atoms with Crippen LogP contribution in [-0.2, 0) is 4.79 Å². The van der Waals surface area contributed by atoms with E-state index < -0.39 is 11.9 Å². The highest BCUT2D eigenvalue weighted by atomic mass is 16.4. The zero-order valence-electron chi connectivity index (χ0n) is 11.9. The van der Waals surface area contributed by atoms with Crippen LogP contribution >= 0.6 is 0 Å². The maximum Gasteiger partial charge on any atom is 0.317 e. The van der Waals surface area contributed by atoms with Crippen LogP contribution in [0.4, 0.5) is 4.79 Å². The molecule has 3 rings (SSSR count). The van der Waals surface area contributed by atoms with Gasteiger partial charge < -0.3 is 15.3 Å². The molecule has 4 unspecified atom stereocenters. The first-order chi connectivity index (χ1) is 9.56. The van der Waals surface area contributed by atoms with Crippen LogP contribution in [-0.4, -0.2) is 65.2 Å². The summed E-state index contributed by atoms with van der Waals surface area (Å²) in [6.45, 7) is 5.01. The van der Waals surface area contributed by atoms with Gasteiger partial charge in [-0.3, -0.25) is 9.69 Å². The Hall–Kier alpha value is -1.30. The van der Waals surface area contributed by atoms with Crippen molar-refractivity contribution in [3.05, 3.63) is 0 Å². The normalized spacial score (nSPS) is 37.1. The minimum absolute atomic E-state index is 0.0322. The van der Waals surface area contributed by atoms with Crippen LogP contribution in [0.2, 0.25) is 0 Å². The third kappa shape index (κ3) is 2.37. The van der Waals surface area contributed by atoms with Crippen LogP contribution in [0.15, 0.2) is 0 Å². The minimum Gasteiger partial charge on any atom is -0.481 e. The van der Waals surface area contributed by atoms with E-state index >= 15 is 0 Å². The van der Waals surface area contributed by atoms with Gasteiger partial charge in [0.2, 0.25) is 0 Å². The van der Waals surface area contributed by atoms with Crippen LogP contribution in [0.1, 0.15) is 26.2 Å². The molecule has 3 aliphatic heterocycles. The smallest absolute Gasteiger partial charge is 0.317 e. The van der Waals surface area contributed by atoms with E-state index in [-0.39, 0.29) is 18.0 Å². The number of aliphatic carboxylic acids is 1. The number of fused-ring (bicyclic) bond motifs is 1. The third-order valence-electron chi connectivity index (χ3n) is 5.13. The summed E-state index contributed by atoms with van der Waals surface area (Å²) >= 11 is 0. The highest BCUT2D eigenvalue weighted by Crippen LogP contribution is 2.29. The molecule has 0 aromatic rings. The molecule has 20 heavy (non-hydrogen) atoms. The van der Waals surface area contributed by atoms with E-state index in [1.165, 1.54) is 12.8 Å². The lowest BCUT2D eigenvalue weighted by atomic mass is 9.99. The number of carbonyl (C=O) groups is 2. The number of carboxylic acid groups (broad SMARTS) is 1. The average molecular weight is 281 g/mol. The molecule has 0 aromatic carbocycles. The fourth-order valence-electron chi connectivity index (χ4n) is 3.95. The molecule has 112 valence electrons. The Bertz CT molecular complexity index is 414. The van der Waals surface area contributed by atoms with Crippen LogP contribution < -0.4 is 5.32 Å². The number of nitrogens with zero attached hydrogens (tertiary/aromatic N) is 2. The second-order valence-corrected chi connectivity index (χ2v) is 6.42. The summed E-state index contributed by atoms with van der Waals surface area (Å²) in [5.74, 6) is -1.19. The van der Waals surface area contributed by atoms with Crippen LogP contribution in [0, 0.1) is 11.8 Å². The van der Waals surface area contributed by atoms with E-state index in [1.807, 2.05) is 6.92 Å². The van der Waals surface area contributed by atoms with Crippen molar-refractivity contribution in [2.45, 2.75) is 38.3 Å². The van der Waals surface area contributed by atoms with E-state index in [2.05, 4.69) is 10.2 Å². The van der Waals surface area contributed by atoms with Crippen LogP contribution in [0.3, 0.4) is 0 Å². The minimum atomic E-state index is -0.796. The van der Waals surface area contributed by atoms with Crippen molar-refractivity contribution in [1.82, 2.24) is 15.1 Å². The van der Waals surface area contributed by atoms with Gasteiger partial charge in [0.1, 0.15) is 0 Å². The van der Waals surface area contributed by atoms with Crippen molar-refractivity contribution < 1.29 is 14.7 Å². The summed E-state index contributed by atoms with van der Waals surface area (Å²) in [5, 5.41) is 12.3. The van der Waals surface area contributed by atoms with Gasteiger partial charge in [0.05, 0.1) is 5.92 Å². The number of carbonyl (C=O) groups excluding carboxylic acids is 1. The zero-order valence-corrected chi connectivity index (χ0v) is 11.9. The monoisotopic (exact) mass is 281 g/mol. The second kappa shape index (κ2) is 5.24. The molecule has 6 heteroatoms. The molecule has 0 bridgehead atoms. The first-order valence-electron chi connectivity index (χ1n) is 7.58. The van der Waals surface area contributed by atoms with Gasteiger partial charge in [0.15, 0.2) is 0 Å². The molecule has 0 aromatic heterocycles. The number of carboxylic acids is 1. The Morgan fingerprint density at radius 1 is 1.20 bits per heavy atom. The number of nitrogens with one attached hydrogen (secondary N) is 1. The third-order valence-corrected chi connectivity index (χ3v) is 5.13. The SMILES string of the molecule is CC1CN(C(=O)NC2CCN3CCCC23)CC1C(=O)O. The molecule has 0 saturated carbocycles. The molecule has 4 atom stereocenters. The number of amides is 2. The highest BCUT2D eigenvalue weighted by Gasteiger charge is 2.41. The Morgan fingerprint density at radius 2 is 2.00 bits per heavy atom. The Kier molecular flexibility index (Phi) is 3.58. The van der Waals surface area contributed by atoms with Gasteiger partial charge in [0.25, 0.3) is 0 Å². The van der Waals surface area contributed by atoms with Gasteiger partial charge in [-0.25, -0.2) is 4.79 Å². The summed E-state index contributed by atoms with van der Waals surface area (Å²) in [5.41, 5.74) is 0. The predicted molar refractivity (Wildman–Crippen MR) is 73.4 cm³/mol. The molecular formula is C14H23N3O3. The standard InChI is InChI=1S/C14H23N3O3/c1-9-7-17(8-10(9)13(18)19)14(20)15-11-4-6-16-5-2-3-12(11)16/h9-12H,2-8H2,1H3,(H,15,20)(H,18,19). The molecule has 3 heterocycles. The number of hydrogen-bond donors (Lipinski definition) is 2. The van der Waals surface area contributed by atoms with Crippen molar-refractivity contribution in [1.29, 1.82) is 0 Å². The van der Waals surface area contributed by atoms with Crippen LogP contribution in [0.25, 0.3) is 0 Å². The topological polar surface area (TPSA) is 72.9 Å². The summed E-state index contributed by atoms with van der Waals surface area (Å²) in [4.78, 5) is 27.5. The molecular weight excluding hydrogens is 258 g/mol. The van der Waals surface area contributed by atoms with E-state index in [4.69, 9.17) is 5.11 Å². The van der Waals surface area contributed by atoms with Gasteiger partial charge >= 0.3 is 12.0 Å². The van der Waals surface area contributed by atoms with Gasteiger partial charge in [-0.05, 0) is 31.7 Å². The molecule has 0 aliphatic carbocycles. The fraction of sp³-hybridized carbons (Fsp3) is 0.857. The molecule has 6 nitrogen and oxygen atoms in total. The number of urea groups is 1. The second-order valence-electron chi connectivity index (χ2n) is 6.42. The van der Waals surface area contributed by atoms with E-state index in [1.54, 1.807) is 4.90 Å². The summed E-state index contributed by atoms with van der Waals surface area (Å²) in [6.07, 6.45) is 3.40. The van der Waals surface area contributed by atoms with Crippen molar-refractivity contribution in [2.75, 3.05) is 26.2 Å². The van der Waals surface area contributed by atoms with E-state index in [0.29, 0.717) is 19.1 Å². The molecule has 3 aliphatic rings. The fourth-order valence-corrected chi connectivity index (χ4v) is 3.95. The van der Waals surface area contributed by atoms with Crippen molar-refractivity contribution >= 4 is 12.0 Å². The number of rotatable bonds is 2. The molecule has 2 amide bonds. The summed E-state index contributed by atoms with van der Waals surface area (Å²) in [7, 11) is 0. The van der Waals surface area contributed by atoms with Crippen molar-refractivity contribution in [3.8, 4) is 0 Å². The zero-order chi connectivity index (χ0) is 14.3. The van der Waals surface area contributed by atoms with Gasteiger partial charge in [-0.15, -0.1) is 0 Å². The average Bonchev–Trinajstić information content (AvgIpc) is 3.05. The summed E-state index contributed by atoms with van der Waals surface area (Å²) in [6, 6.07) is 0.651. The number of likely N-dealkylation sites (tertiary alicyclic amines) is 1. The van der Waals surface area contributed by atoms with Crippen molar-refractivity contribution in [2.24, 2.45) is 11.8 Å². The first-order valence-corrected chi connectivity index (χ1v) is 7.58. The highest BCUT2D eigenvalue weighted by molar-refractivity contribution is 5.78. The largest absolute Gasteiger partial charge is 0.481 e. The maximum atomic E-state index is 12.3. The number of hydrogen-bond acceptors (Lipinski definition) is 3. The van der Waals surface area contributed by atoms with Gasteiger partial charge in [0, 0.05) is 31.7 Å². The summed E-state index contributed by atoms with van der Waals surface area (Å²) < 4.78 is 0. The molecule has 2 N–H and O–H groups in total. The lowest BCUT2D eigenvalue weighted by Crippen LogP contribution is -2.48. The Morgan fingerprint density at radius 3 is 2.70 bits per heavy atom. The lowest BCUT2D eigenvalue weighted by molar-refractivity contribution is -0.142. The van der Waals surface area contributed by atoms with Crippen LogP contribution in [0.5, 0.6) is 0 Å². The van der Waals surface area contributed by atoms with E-state index in [9.17, 15) is 9.59 Å². The van der Waals surface area contributed by atoms with Crippen molar-refractivity contribution in [3.63, 3.8) is 0 Å². The molecule has 0 radical (unpaired) electrons. The molecule has 0 spiro atoms. The quantitative estimate of drug-likeness (QED) is 0.777. The molecule has 3 fully saturated rings. The molecule has 3 saturated heterocycles. The van der Waals surface area contributed by atoms with E-state index in [0.717, 1.165) is 19.5 Å². The lowest BCUT2D eigenvalue weighted by Gasteiger charge is -2.24. The Labute approximate surface area is 119 Å².